The molecule has 2 rings (SSSR count). The zero-order valence-corrected chi connectivity index (χ0v) is 12.8. The second-order valence-electron chi connectivity index (χ2n) is 6.02. The average molecular weight is 274 g/mol. The first kappa shape index (κ1) is 14.9. The molecule has 3 nitrogen and oxygen atoms in total. The van der Waals surface area contributed by atoms with E-state index in [0.717, 1.165) is 18.4 Å². The maximum Gasteiger partial charge on any atom is 0.315 e. The van der Waals surface area contributed by atoms with E-state index in [1.54, 1.807) is 0 Å². The molecule has 1 fully saturated rings. The van der Waals surface area contributed by atoms with Gasteiger partial charge in [-0.2, -0.15) is 0 Å². The van der Waals surface area contributed by atoms with E-state index >= 15 is 0 Å². The standard InChI is InChI=1S/C17H26N2O/c1-12-9-10-15(11-13(12)2)14(3)18-17(20)19-16-7-5-4-6-8-16/h9-11,14,16H,4-8H2,1-3H3,(H2,18,19,20). The van der Waals surface area contributed by atoms with Gasteiger partial charge in [-0.15, -0.1) is 0 Å². The minimum Gasteiger partial charge on any atom is -0.335 e. The Balaban J connectivity index is 1.87. The van der Waals surface area contributed by atoms with E-state index < -0.39 is 0 Å². The maximum atomic E-state index is 12.0. The fourth-order valence-electron chi connectivity index (χ4n) is 2.79. The van der Waals surface area contributed by atoms with Crippen LogP contribution in [0.2, 0.25) is 0 Å². The summed E-state index contributed by atoms with van der Waals surface area (Å²) in [5.74, 6) is 0. The van der Waals surface area contributed by atoms with Crippen LogP contribution >= 0.6 is 0 Å². The van der Waals surface area contributed by atoms with E-state index in [1.165, 1.54) is 30.4 Å². The van der Waals surface area contributed by atoms with E-state index in [1.807, 2.05) is 6.92 Å². The highest BCUT2D eigenvalue weighted by molar-refractivity contribution is 5.74. The molecule has 20 heavy (non-hydrogen) atoms. The highest BCUT2D eigenvalue weighted by atomic mass is 16.2. The van der Waals surface area contributed by atoms with E-state index in [-0.39, 0.29) is 12.1 Å². The van der Waals surface area contributed by atoms with Gasteiger partial charge in [-0.25, -0.2) is 4.79 Å². The lowest BCUT2D eigenvalue weighted by atomic mass is 9.96. The summed E-state index contributed by atoms with van der Waals surface area (Å²) in [6.45, 7) is 6.24. The quantitative estimate of drug-likeness (QED) is 0.859. The first-order chi connectivity index (χ1) is 9.56. The largest absolute Gasteiger partial charge is 0.335 e. The predicted molar refractivity (Wildman–Crippen MR) is 82.9 cm³/mol. The Bertz CT molecular complexity index is 464. The van der Waals surface area contributed by atoms with Crippen molar-refractivity contribution in [1.82, 2.24) is 10.6 Å². The van der Waals surface area contributed by atoms with Crippen molar-refractivity contribution in [2.24, 2.45) is 0 Å². The van der Waals surface area contributed by atoms with Gasteiger partial charge in [0.15, 0.2) is 0 Å². The molecule has 2 N–H and O–H groups in total. The minimum absolute atomic E-state index is 0.0392. The van der Waals surface area contributed by atoms with Gasteiger partial charge < -0.3 is 10.6 Å². The third-order valence-electron chi connectivity index (χ3n) is 4.32. The van der Waals surface area contributed by atoms with Crippen LogP contribution in [0, 0.1) is 13.8 Å². The van der Waals surface area contributed by atoms with Gasteiger partial charge in [0.1, 0.15) is 0 Å². The Morgan fingerprint density at radius 2 is 1.85 bits per heavy atom. The van der Waals surface area contributed by atoms with Crippen LogP contribution in [0.1, 0.15) is 61.8 Å². The van der Waals surface area contributed by atoms with Gasteiger partial charge >= 0.3 is 6.03 Å². The normalized spacial score (nSPS) is 17.6. The van der Waals surface area contributed by atoms with Crippen molar-refractivity contribution < 1.29 is 4.79 Å². The topological polar surface area (TPSA) is 41.1 Å². The molecule has 0 heterocycles. The molecule has 1 atom stereocenters. The van der Waals surface area contributed by atoms with Crippen LogP contribution in [0.15, 0.2) is 18.2 Å². The molecule has 1 saturated carbocycles. The van der Waals surface area contributed by atoms with Gasteiger partial charge in [-0.1, -0.05) is 37.5 Å². The summed E-state index contributed by atoms with van der Waals surface area (Å²) < 4.78 is 0. The molecule has 1 aromatic carbocycles. The van der Waals surface area contributed by atoms with Gasteiger partial charge in [0, 0.05) is 6.04 Å². The fraction of sp³-hybridized carbons (Fsp3) is 0.588. The second kappa shape index (κ2) is 6.78. The lowest BCUT2D eigenvalue weighted by molar-refractivity contribution is 0.229. The number of aryl methyl sites for hydroxylation is 2. The molecular weight excluding hydrogens is 248 g/mol. The third-order valence-corrected chi connectivity index (χ3v) is 4.32. The van der Waals surface area contributed by atoms with Crippen LogP contribution in [-0.4, -0.2) is 12.1 Å². The highest BCUT2D eigenvalue weighted by Crippen LogP contribution is 2.18. The van der Waals surface area contributed by atoms with Crippen molar-refractivity contribution in [2.45, 2.75) is 65.0 Å². The molecule has 3 heteroatoms. The molecule has 1 aliphatic rings. The number of urea groups is 1. The first-order valence-corrected chi connectivity index (χ1v) is 7.70. The van der Waals surface area contributed by atoms with E-state index in [4.69, 9.17) is 0 Å². The Morgan fingerprint density at radius 1 is 1.15 bits per heavy atom. The Kier molecular flexibility index (Phi) is 5.05. The van der Waals surface area contributed by atoms with Gasteiger partial charge in [0.2, 0.25) is 0 Å². The number of carbonyl (C=O) groups excluding carboxylic acids is 1. The summed E-state index contributed by atoms with van der Waals surface area (Å²) in [5, 5.41) is 6.14. The van der Waals surface area contributed by atoms with Crippen LogP contribution in [0.25, 0.3) is 0 Å². The van der Waals surface area contributed by atoms with Crippen LogP contribution in [0.4, 0.5) is 4.79 Å². The van der Waals surface area contributed by atoms with Crippen molar-refractivity contribution in [3.63, 3.8) is 0 Å². The Morgan fingerprint density at radius 3 is 2.50 bits per heavy atom. The fourth-order valence-corrected chi connectivity index (χ4v) is 2.79. The van der Waals surface area contributed by atoms with Gasteiger partial charge in [-0.3, -0.25) is 0 Å². The summed E-state index contributed by atoms with van der Waals surface area (Å²) in [4.78, 5) is 12.0. The molecule has 1 unspecified atom stereocenters. The molecule has 0 bridgehead atoms. The van der Waals surface area contributed by atoms with Crippen LogP contribution in [-0.2, 0) is 0 Å². The van der Waals surface area contributed by atoms with Gasteiger partial charge in [0.25, 0.3) is 0 Å². The summed E-state index contributed by atoms with van der Waals surface area (Å²) >= 11 is 0. The molecule has 0 radical (unpaired) electrons. The predicted octanol–water partition coefficient (Wildman–Crippen LogP) is 4.00. The molecule has 2 amide bonds. The number of benzene rings is 1. The number of carbonyl (C=O) groups is 1. The van der Waals surface area contributed by atoms with Gasteiger partial charge in [0.05, 0.1) is 6.04 Å². The first-order valence-electron chi connectivity index (χ1n) is 7.70. The average Bonchev–Trinajstić information content (AvgIpc) is 2.42. The summed E-state index contributed by atoms with van der Waals surface area (Å²) in [5.41, 5.74) is 3.71. The smallest absolute Gasteiger partial charge is 0.315 e. The summed E-state index contributed by atoms with van der Waals surface area (Å²) in [6, 6.07) is 6.72. The zero-order chi connectivity index (χ0) is 14.5. The van der Waals surface area contributed by atoms with Crippen LogP contribution in [0.5, 0.6) is 0 Å². The van der Waals surface area contributed by atoms with Crippen LogP contribution < -0.4 is 10.6 Å². The highest BCUT2D eigenvalue weighted by Gasteiger charge is 2.17. The monoisotopic (exact) mass is 274 g/mol. The molecule has 1 aliphatic carbocycles. The molecular formula is C17H26N2O. The molecule has 0 saturated heterocycles. The van der Waals surface area contributed by atoms with Crippen LogP contribution in [0.3, 0.4) is 0 Å². The minimum atomic E-state index is -0.0392. The zero-order valence-electron chi connectivity index (χ0n) is 12.8. The van der Waals surface area contributed by atoms with Gasteiger partial charge in [-0.05, 0) is 50.3 Å². The van der Waals surface area contributed by atoms with Crippen molar-refractivity contribution in [1.29, 1.82) is 0 Å². The molecule has 0 aliphatic heterocycles. The molecule has 1 aromatic rings. The van der Waals surface area contributed by atoms with Crippen molar-refractivity contribution in [2.75, 3.05) is 0 Å². The summed E-state index contributed by atoms with van der Waals surface area (Å²) in [7, 11) is 0. The number of amides is 2. The second-order valence-corrected chi connectivity index (χ2v) is 6.02. The summed E-state index contributed by atoms with van der Waals surface area (Å²) in [6.07, 6.45) is 6.01. The molecule has 110 valence electrons. The van der Waals surface area contributed by atoms with Crippen molar-refractivity contribution in [3.8, 4) is 0 Å². The molecule has 0 aromatic heterocycles. The number of hydrogen-bond donors (Lipinski definition) is 2. The van der Waals surface area contributed by atoms with Crippen molar-refractivity contribution >= 4 is 6.03 Å². The van der Waals surface area contributed by atoms with Crippen molar-refractivity contribution in [3.05, 3.63) is 34.9 Å². The lowest BCUT2D eigenvalue weighted by Gasteiger charge is -2.24. The number of rotatable bonds is 3. The van der Waals surface area contributed by atoms with E-state index in [9.17, 15) is 4.79 Å². The lowest BCUT2D eigenvalue weighted by Crippen LogP contribution is -2.43. The SMILES string of the molecule is Cc1ccc(C(C)NC(=O)NC2CCCCC2)cc1C. The van der Waals surface area contributed by atoms with E-state index in [2.05, 4.69) is 42.7 Å². The Labute approximate surface area is 122 Å². The van der Waals surface area contributed by atoms with E-state index in [0.29, 0.717) is 6.04 Å². The molecule has 0 spiro atoms. The Hall–Kier alpha value is -1.51. The maximum absolute atomic E-state index is 12.0. The number of nitrogens with one attached hydrogen (secondary N) is 2. The third kappa shape index (κ3) is 3.99. The number of hydrogen-bond acceptors (Lipinski definition) is 1.